The van der Waals surface area contributed by atoms with Gasteiger partial charge in [-0.05, 0) is 24.1 Å². The Hall–Kier alpha value is -2.73. The van der Waals surface area contributed by atoms with Crippen LogP contribution in [-0.2, 0) is 16.1 Å². The number of hydrogen-bond acceptors (Lipinski definition) is 4. The first-order valence-corrected chi connectivity index (χ1v) is 9.36. The summed E-state index contributed by atoms with van der Waals surface area (Å²) in [6.07, 6.45) is 0.145. The maximum Gasteiger partial charge on any atom is 0.227 e. The number of nitrogens with zero attached hydrogens (tertiary/aromatic N) is 1. The number of rotatable bonds is 6. The van der Waals surface area contributed by atoms with Gasteiger partial charge in [0.05, 0.1) is 30.8 Å². The van der Waals surface area contributed by atoms with Crippen LogP contribution in [0.2, 0.25) is 5.02 Å². The van der Waals surface area contributed by atoms with Crippen molar-refractivity contribution in [3.05, 3.63) is 52.5 Å². The smallest absolute Gasteiger partial charge is 0.227 e. The Bertz CT molecular complexity index is 900. The standard InChI is InChI=1S/C21H23ClN2O4/c1-13-6-4-5-7-14(13)11-23-21(26)15-8-20(25)24(12-15)17-9-16(22)18(27-2)10-19(17)28-3/h4-7,9-10,15H,8,11-12H2,1-3H3,(H,23,26)/t15-/m1/s1. The first-order valence-electron chi connectivity index (χ1n) is 8.98. The quantitative estimate of drug-likeness (QED) is 0.804. The van der Waals surface area contributed by atoms with Gasteiger partial charge in [0.25, 0.3) is 0 Å². The number of carbonyl (C=O) groups excluding carboxylic acids is 2. The molecule has 0 saturated carbocycles. The van der Waals surface area contributed by atoms with Gasteiger partial charge in [0, 0.05) is 25.6 Å². The summed E-state index contributed by atoms with van der Waals surface area (Å²) in [5, 5.41) is 3.31. The number of anilines is 1. The third kappa shape index (κ3) is 4.07. The normalized spacial score (nSPS) is 16.2. The summed E-state index contributed by atoms with van der Waals surface area (Å²) < 4.78 is 10.6. The Kier molecular flexibility index (Phi) is 6.09. The summed E-state index contributed by atoms with van der Waals surface area (Å²) in [5.74, 6) is 0.215. The van der Waals surface area contributed by atoms with Crippen molar-refractivity contribution >= 4 is 29.1 Å². The van der Waals surface area contributed by atoms with Crippen molar-refractivity contribution in [3.63, 3.8) is 0 Å². The van der Waals surface area contributed by atoms with E-state index in [1.807, 2.05) is 31.2 Å². The Balaban J connectivity index is 1.72. The van der Waals surface area contributed by atoms with E-state index in [1.165, 1.54) is 14.2 Å². The van der Waals surface area contributed by atoms with Gasteiger partial charge in [-0.1, -0.05) is 35.9 Å². The SMILES string of the molecule is COc1cc(OC)c(N2C[C@H](C(=O)NCc3ccccc3C)CC2=O)cc1Cl. The zero-order valence-electron chi connectivity index (χ0n) is 16.1. The van der Waals surface area contributed by atoms with Crippen LogP contribution in [0.15, 0.2) is 36.4 Å². The van der Waals surface area contributed by atoms with Gasteiger partial charge in [-0.3, -0.25) is 9.59 Å². The monoisotopic (exact) mass is 402 g/mol. The van der Waals surface area contributed by atoms with E-state index >= 15 is 0 Å². The van der Waals surface area contributed by atoms with Crippen LogP contribution in [0, 0.1) is 12.8 Å². The number of benzene rings is 2. The summed E-state index contributed by atoms with van der Waals surface area (Å²) in [6, 6.07) is 11.1. The molecule has 6 nitrogen and oxygen atoms in total. The number of carbonyl (C=O) groups is 2. The topological polar surface area (TPSA) is 67.9 Å². The Morgan fingerprint density at radius 1 is 1.21 bits per heavy atom. The fourth-order valence-corrected chi connectivity index (χ4v) is 3.54. The second-order valence-electron chi connectivity index (χ2n) is 6.71. The molecule has 0 spiro atoms. The van der Waals surface area contributed by atoms with Crippen molar-refractivity contribution in [1.82, 2.24) is 5.32 Å². The molecule has 0 radical (unpaired) electrons. The Labute approximate surface area is 169 Å². The minimum absolute atomic E-state index is 0.141. The summed E-state index contributed by atoms with van der Waals surface area (Å²) in [7, 11) is 3.02. The van der Waals surface area contributed by atoms with Crippen molar-refractivity contribution in [1.29, 1.82) is 0 Å². The van der Waals surface area contributed by atoms with Gasteiger partial charge >= 0.3 is 0 Å². The highest BCUT2D eigenvalue weighted by molar-refractivity contribution is 6.32. The molecule has 2 aromatic rings. The Morgan fingerprint density at radius 2 is 1.93 bits per heavy atom. The van der Waals surface area contributed by atoms with Gasteiger partial charge in [-0.15, -0.1) is 0 Å². The van der Waals surface area contributed by atoms with Gasteiger partial charge in [-0.2, -0.15) is 0 Å². The lowest BCUT2D eigenvalue weighted by Gasteiger charge is -2.21. The van der Waals surface area contributed by atoms with Crippen LogP contribution in [0.25, 0.3) is 0 Å². The van der Waals surface area contributed by atoms with Crippen LogP contribution in [-0.4, -0.2) is 32.6 Å². The molecule has 148 valence electrons. The van der Waals surface area contributed by atoms with Crippen LogP contribution in [0.1, 0.15) is 17.5 Å². The lowest BCUT2D eigenvalue weighted by molar-refractivity contribution is -0.126. The minimum atomic E-state index is -0.429. The molecular formula is C21H23ClN2O4. The summed E-state index contributed by atoms with van der Waals surface area (Å²) in [5.41, 5.74) is 2.71. The van der Waals surface area contributed by atoms with Crippen LogP contribution in [0.4, 0.5) is 5.69 Å². The van der Waals surface area contributed by atoms with Crippen LogP contribution < -0.4 is 19.7 Å². The highest BCUT2D eigenvalue weighted by Gasteiger charge is 2.36. The number of halogens is 1. The molecule has 0 aliphatic carbocycles. The van der Waals surface area contributed by atoms with E-state index < -0.39 is 5.92 Å². The molecule has 1 fully saturated rings. The maximum atomic E-state index is 12.6. The minimum Gasteiger partial charge on any atom is -0.495 e. The highest BCUT2D eigenvalue weighted by atomic mass is 35.5. The third-order valence-corrected chi connectivity index (χ3v) is 5.25. The number of nitrogens with one attached hydrogen (secondary N) is 1. The summed E-state index contributed by atoms with van der Waals surface area (Å²) in [6.45, 7) is 2.72. The molecule has 2 amide bonds. The van der Waals surface area contributed by atoms with E-state index in [2.05, 4.69) is 5.32 Å². The molecule has 1 aliphatic heterocycles. The molecule has 1 atom stereocenters. The molecule has 1 aliphatic rings. The molecule has 7 heteroatoms. The van der Waals surface area contributed by atoms with E-state index in [0.717, 1.165) is 11.1 Å². The van der Waals surface area contributed by atoms with Crippen molar-refractivity contribution in [2.75, 3.05) is 25.7 Å². The molecule has 0 bridgehead atoms. The zero-order valence-corrected chi connectivity index (χ0v) is 16.9. The fraction of sp³-hybridized carbons (Fsp3) is 0.333. The molecule has 0 aromatic heterocycles. The molecule has 1 N–H and O–H groups in total. The molecule has 1 saturated heterocycles. The fourth-order valence-electron chi connectivity index (χ4n) is 3.31. The predicted molar refractivity (Wildman–Crippen MR) is 108 cm³/mol. The molecule has 2 aromatic carbocycles. The molecular weight excluding hydrogens is 380 g/mol. The number of amides is 2. The average molecular weight is 403 g/mol. The van der Waals surface area contributed by atoms with Crippen LogP contribution in [0.3, 0.4) is 0 Å². The van der Waals surface area contributed by atoms with Gasteiger partial charge in [0.2, 0.25) is 11.8 Å². The van der Waals surface area contributed by atoms with Crippen molar-refractivity contribution in [3.8, 4) is 11.5 Å². The number of aryl methyl sites for hydroxylation is 1. The van der Waals surface area contributed by atoms with Gasteiger partial charge in [0.1, 0.15) is 11.5 Å². The van der Waals surface area contributed by atoms with Gasteiger partial charge in [-0.25, -0.2) is 0 Å². The van der Waals surface area contributed by atoms with Crippen molar-refractivity contribution in [2.24, 2.45) is 5.92 Å². The second kappa shape index (κ2) is 8.52. The van der Waals surface area contributed by atoms with Crippen LogP contribution in [0.5, 0.6) is 11.5 Å². The van der Waals surface area contributed by atoms with E-state index in [1.54, 1.807) is 17.0 Å². The first kappa shape index (κ1) is 20.0. The molecule has 0 unspecified atom stereocenters. The molecule has 28 heavy (non-hydrogen) atoms. The third-order valence-electron chi connectivity index (χ3n) is 4.95. The lowest BCUT2D eigenvalue weighted by Crippen LogP contribution is -2.32. The van der Waals surface area contributed by atoms with E-state index in [0.29, 0.717) is 28.8 Å². The average Bonchev–Trinajstić information content (AvgIpc) is 3.08. The molecule has 1 heterocycles. The van der Waals surface area contributed by atoms with E-state index in [-0.39, 0.29) is 24.8 Å². The van der Waals surface area contributed by atoms with Crippen LogP contribution >= 0.6 is 11.6 Å². The summed E-state index contributed by atoms with van der Waals surface area (Å²) in [4.78, 5) is 26.7. The van der Waals surface area contributed by atoms with E-state index in [4.69, 9.17) is 21.1 Å². The number of hydrogen-bond donors (Lipinski definition) is 1. The predicted octanol–water partition coefficient (Wildman–Crippen LogP) is 3.33. The highest BCUT2D eigenvalue weighted by Crippen LogP contribution is 2.40. The second-order valence-corrected chi connectivity index (χ2v) is 7.12. The maximum absolute atomic E-state index is 12.6. The van der Waals surface area contributed by atoms with Gasteiger partial charge < -0.3 is 19.7 Å². The zero-order chi connectivity index (χ0) is 20.3. The molecule has 3 rings (SSSR count). The largest absolute Gasteiger partial charge is 0.495 e. The lowest BCUT2D eigenvalue weighted by atomic mass is 10.1. The first-order chi connectivity index (χ1) is 13.4. The number of methoxy groups -OCH3 is 2. The van der Waals surface area contributed by atoms with Crippen molar-refractivity contribution in [2.45, 2.75) is 19.9 Å². The van der Waals surface area contributed by atoms with Gasteiger partial charge in [0.15, 0.2) is 0 Å². The van der Waals surface area contributed by atoms with Crippen molar-refractivity contribution < 1.29 is 19.1 Å². The summed E-state index contributed by atoms with van der Waals surface area (Å²) >= 11 is 6.22. The number of ether oxygens (including phenoxy) is 2. The van der Waals surface area contributed by atoms with E-state index in [9.17, 15) is 9.59 Å². The Morgan fingerprint density at radius 3 is 2.61 bits per heavy atom.